The van der Waals surface area contributed by atoms with Gasteiger partial charge >= 0.3 is 12.1 Å². The maximum absolute atomic E-state index is 13.5. The molecule has 2 aromatic carbocycles. The van der Waals surface area contributed by atoms with E-state index in [0.717, 1.165) is 11.1 Å². The Bertz CT molecular complexity index is 1410. The van der Waals surface area contributed by atoms with Crippen molar-refractivity contribution in [2.75, 3.05) is 0 Å². The smallest absolute Gasteiger partial charge is 0.408 e. The van der Waals surface area contributed by atoms with E-state index < -0.39 is 65.3 Å². The molecule has 2 aromatic rings. The summed E-state index contributed by atoms with van der Waals surface area (Å²) in [5.74, 6) is -4.35. The first-order valence-electron chi connectivity index (χ1n) is 16.7. The zero-order chi connectivity index (χ0) is 36.7. The SMILES string of the molecule is CCC(NC(=O)[C@H](Cc1ccccc1)NC(=O)OCc1ccccc1)C(=O)C(=O)N[C@H](CC(C)C)C(=O)N[C@H](C(=O)OC(C)(C)C)C(C)C. The minimum Gasteiger partial charge on any atom is -0.458 e. The molecule has 0 aromatic heterocycles. The maximum Gasteiger partial charge on any atom is 0.408 e. The van der Waals surface area contributed by atoms with Gasteiger partial charge in [0, 0.05) is 6.42 Å². The standard InChI is InChI=1S/C37H52N4O8/c1-9-27(31(42)34(45)39-28(20-23(2)3)33(44)41-30(24(4)5)35(46)49-37(6,7)8)38-32(43)29(21-25-16-12-10-13-17-25)40-36(47)48-22-26-18-14-11-15-19-26/h10-19,23-24,27-30H,9,20-22H2,1-8H3,(H,38,43)(H,39,45)(H,40,47)(H,41,44)/t27?,28-,29+,30+/m1/s1. The molecule has 0 aliphatic rings. The van der Waals surface area contributed by atoms with Crippen molar-refractivity contribution < 1.29 is 38.2 Å². The van der Waals surface area contributed by atoms with Crippen LogP contribution >= 0.6 is 0 Å². The summed E-state index contributed by atoms with van der Waals surface area (Å²) in [5.41, 5.74) is 0.736. The number of hydrogen-bond acceptors (Lipinski definition) is 8. The number of carbonyl (C=O) groups excluding carboxylic acids is 6. The zero-order valence-electron chi connectivity index (χ0n) is 29.8. The van der Waals surface area contributed by atoms with Crippen molar-refractivity contribution >= 4 is 35.6 Å². The fourth-order valence-corrected chi connectivity index (χ4v) is 4.80. The summed E-state index contributed by atoms with van der Waals surface area (Å²) in [6.45, 7) is 14.0. The molecule has 0 heterocycles. The Labute approximate surface area is 289 Å². The van der Waals surface area contributed by atoms with Crippen LogP contribution in [0.4, 0.5) is 4.79 Å². The van der Waals surface area contributed by atoms with E-state index in [-0.39, 0.29) is 37.7 Å². The number of Topliss-reactive ketones (excluding diaryl/α,β-unsaturated/α-hetero) is 1. The van der Waals surface area contributed by atoms with Gasteiger partial charge in [0.1, 0.15) is 30.3 Å². The number of rotatable bonds is 17. The Kier molecular flexibility index (Phi) is 15.9. The molecule has 0 radical (unpaired) electrons. The molecule has 12 heteroatoms. The molecule has 0 aliphatic carbocycles. The van der Waals surface area contributed by atoms with Gasteiger partial charge in [-0.15, -0.1) is 0 Å². The fourth-order valence-electron chi connectivity index (χ4n) is 4.80. The van der Waals surface area contributed by atoms with E-state index in [1.54, 1.807) is 77.9 Å². The first-order chi connectivity index (χ1) is 23.0. The number of nitrogens with one attached hydrogen (secondary N) is 4. The summed E-state index contributed by atoms with van der Waals surface area (Å²) in [5, 5.41) is 10.4. The fraction of sp³-hybridized carbons (Fsp3) is 0.514. The molecule has 12 nitrogen and oxygen atoms in total. The second-order valence-corrected chi connectivity index (χ2v) is 13.7. The third kappa shape index (κ3) is 14.5. The van der Waals surface area contributed by atoms with E-state index >= 15 is 0 Å². The predicted octanol–water partition coefficient (Wildman–Crippen LogP) is 4.00. The summed E-state index contributed by atoms with van der Waals surface area (Å²) < 4.78 is 10.8. The Morgan fingerprint density at radius 2 is 1.24 bits per heavy atom. The van der Waals surface area contributed by atoms with Crippen molar-refractivity contribution in [3.63, 3.8) is 0 Å². The van der Waals surface area contributed by atoms with E-state index in [1.165, 1.54) is 0 Å². The average Bonchev–Trinajstić information content (AvgIpc) is 3.03. The van der Waals surface area contributed by atoms with Crippen LogP contribution in [0.1, 0.15) is 79.4 Å². The lowest BCUT2D eigenvalue weighted by molar-refractivity contribution is -0.160. The summed E-state index contributed by atoms with van der Waals surface area (Å²) >= 11 is 0. The summed E-state index contributed by atoms with van der Waals surface area (Å²) in [7, 11) is 0. The molecule has 0 spiro atoms. The number of hydrogen-bond donors (Lipinski definition) is 4. The van der Waals surface area contributed by atoms with E-state index in [9.17, 15) is 28.8 Å². The molecule has 268 valence electrons. The monoisotopic (exact) mass is 680 g/mol. The summed E-state index contributed by atoms with van der Waals surface area (Å²) in [6.07, 6.45) is -0.495. The number of ether oxygens (including phenoxy) is 2. The minimum absolute atomic E-state index is 0.0105. The quantitative estimate of drug-likeness (QED) is 0.144. The number of ketones is 1. The lowest BCUT2D eigenvalue weighted by Crippen LogP contribution is -2.58. The molecule has 0 saturated carbocycles. The van der Waals surface area contributed by atoms with Crippen molar-refractivity contribution in [1.82, 2.24) is 21.3 Å². The third-order valence-electron chi connectivity index (χ3n) is 7.32. The summed E-state index contributed by atoms with van der Waals surface area (Å²) in [4.78, 5) is 79.0. The Morgan fingerprint density at radius 1 is 0.694 bits per heavy atom. The summed E-state index contributed by atoms with van der Waals surface area (Å²) in [6, 6.07) is 13.5. The topological polar surface area (TPSA) is 169 Å². The molecule has 4 amide bonds. The largest absolute Gasteiger partial charge is 0.458 e. The van der Waals surface area contributed by atoms with Gasteiger partial charge in [0.05, 0.1) is 6.04 Å². The van der Waals surface area contributed by atoms with Gasteiger partial charge in [0.15, 0.2) is 0 Å². The molecule has 2 rings (SSSR count). The molecule has 0 saturated heterocycles. The lowest BCUT2D eigenvalue weighted by Gasteiger charge is -2.28. The molecule has 0 aliphatic heterocycles. The van der Waals surface area contributed by atoms with Crippen molar-refractivity contribution in [3.8, 4) is 0 Å². The molecule has 4 N–H and O–H groups in total. The van der Waals surface area contributed by atoms with Crippen LogP contribution in [0.3, 0.4) is 0 Å². The molecule has 1 unspecified atom stereocenters. The van der Waals surface area contributed by atoms with Gasteiger partial charge in [0.2, 0.25) is 17.6 Å². The first-order valence-corrected chi connectivity index (χ1v) is 16.7. The predicted molar refractivity (Wildman–Crippen MR) is 185 cm³/mol. The van der Waals surface area contributed by atoms with Crippen molar-refractivity contribution in [1.29, 1.82) is 0 Å². The highest BCUT2D eigenvalue weighted by Gasteiger charge is 2.35. The number of esters is 1. The highest BCUT2D eigenvalue weighted by molar-refractivity contribution is 6.38. The van der Waals surface area contributed by atoms with Gasteiger partial charge in [-0.3, -0.25) is 19.2 Å². The van der Waals surface area contributed by atoms with Gasteiger partial charge in [0.25, 0.3) is 5.91 Å². The highest BCUT2D eigenvalue weighted by Crippen LogP contribution is 2.14. The molecule has 49 heavy (non-hydrogen) atoms. The van der Waals surface area contributed by atoms with E-state index in [1.807, 2.05) is 38.1 Å². The van der Waals surface area contributed by atoms with Crippen LogP contribution in [0.25, 0.3) is 0 Å². The Hall–Kier alpha value is -4.74. The van der Waals surface area contributed by atoms with Crippen LogP contribution in [0, 0.1) is 11.8 Å². The van der Waals surface area contributed by atoms with Gasteiger partial charge in [-0.1, -0.05) is 95.3 Å². The Morgan fingerprint density at radius 3 is 1.76 bits per heavy atom. The van der Waals surface area contributed by atoms with Gasteiger partial charge < -0.3 is 30.7 Å². The second-order valence-electron chi connectivity index (χ2n) is 13.7. The van der Waals surface area contributed by atoms with Crippen LogP contribution in [0.5, 0.6) is 0 Å². The van der Waals surface area contributed by atoms with Gasteiger partial charge in [-0.05, 0) is 56.6 Å². The highest BCUT2D eigenvalue weighted by atomic mass is 16.6. The normalized spacial score (nSPS) is 13.8. The van der Waals surface area contributed by atoms with Crippen molar-refractivity contribution in [2.24, 2.45) is 11.8 Å². The van der Waals surface area contributed by atoms with Gasteiger partial charge in [-0.2, -0.15) is 0 Å². The van der Waals surface area contributed by atoms with E-state index in [0.29, 0.717) is 0 Å². The average molecular weight is 681 g/mol. The molecule has 4 atom stereocenters. The molecular formula is C37H52N4O8. The number of benzene rings is 2. The number of alkyl carbamates (subject to hydrolysis) is 1. The van der Waals surface area contributed by atoms with Crippen LogP contribution in [-0.2, 0) is 46.5 Å². The minimum atomic E-state index is -1.25. The maximum atomic E-state index is 13.5. The second kappa shape index (κ2) is 19.3. The van der Waals surface area contributed by atoms with Crippen LogP contribution in [-0.4, -0.2) is 65.3 Å². The third-order valence-corrected chi connectivity index (χ3v) is 7.32. The lowest BCUT2D eigenvalue weighted by atomic mass is 9.99. The van der Waals surface area contributed by atoms with Crippen molar-refractivity contribution in [2.45, 2.75) is 111 Å². The molecule has 0 bridgehead atoms. The molecule has 0 fully saturated rings. The van der Waals surface area contributed by atoms with Gasteiger partial charge in [-0.25, -0.2) is 9.59 Å². The zero-order valence-corrected chi connectivity index (χ0v) is 29.8. The van der Waals surface area contributed by atoms with E-state index in [4.69, 9.17) is 9.47 Å². The first kappa shape index (κ1) is 40.4. The van der Waals surface area contributed by atoms with Crippen molar-refractivity contribution in [3.05, 3.63) is 71.8 Å². The number of carbonyl (C=O) groups is 6. The van der Waals surface area contributed by atoms with Crippen LogP contribution in [0.15, 0.2) is 60.7 Å². The van der Waals surface area contributed by atoms with Crippen LogP contribution < -0.4 is 21.3 Å². The van der Waals surface area contributed by atoms with E-state index in [2.05, 4.69) is 21.3 Å². The Balaban J connectivity index is 2.16. The van der Waals surface area contributed by atoms with Crippen LogP contribution in [0.2, 0.25) is 0 Å². The molecular weight excluding hydrogens is 628 g/mol. The number of amides is 4.